The quantitative estimate of drug-likeness (QED) is 0.344. The van der Waals surface area contributed by atoms with Crippen LogP contribution >= 0.6 is 0 Å². The SMILES string of the molecule is CCCCNC(=NCC(=O)N(C)C)NCC1(CCOCC)CC1. The molecule has 1 aliphatic carbocycles. The number of aliphatic imine (C=N–C) groups is 1. The van der Waals surface area contributed by atoms with E-state index in [0.29, 0.717) is 5.41 Å². The number of guanidine groups is 1. The minimum atomic E-state index is 0.0130. The number of nitrogens with one attached hydrogen (secondary N) is 2. The molecule has 1 rings (SSSR count). The van der Waals surface area contributed by atoms with Crippen molar-refractivity contribution in [1.82, 2.24) is 15.5 Å². The van der Waals surface area contributed by atoms with Gasteiger partial charge in [-0.25, -0.2) is 4.99 Å². The highest BCUT2D eigenvalue weighted by Gasteiger charge is 2.41. The van der Waals surface area contributed by atoms with Gasteiger partial charge in [0.2, 0.25) is 5.91 Å². The molecule has 0 spiro atoms. The van der Waals surface area contributed by atoms with Crippen molar-refractivity contribution >= 4 is 11.9 Å². The molecule has 0 unspecified atom stereocenters. The molecule has 0 atom stereocenters. The normalized spacial score (nSPS) is 16.1. The second kappa shape index (κ2) is 10.5. The number of nitrogens with zero attached hydrogens (tertiary/aromatic N) is 2. The highest BCUT2D eigenvalue weighted by Crippen LogP contribution is 2.48. The van der Waals surface area contributed by atoms with Gasteiger partial charge >= 0.3 is 0 Å². The molecule has 2 N–H and O–H groups in total. The lowest BCUT2D eigenvalue weighted by molar-refractivity contribution is -0.127. The second-order valence-electron chi connectivity index (χ2n) is 6.53. The number of rotatable bonds is 11. The number of amides is 1. The molecule has 0 aromatic rings. The molecule has 134 valence electrons. The summed E-state index contributed by atoms with van der Waals surface area (Å²) in [7, 11) is 3.50. The molecular formula is C17H34N4O2. The van der Waals surface area contributed by atoms with E-state index in [1.165, 1.54) is 12.8 Å². The van der Waals surface area contributed by atoms with Crippen molar-refractivity contribution < 1.29 is 9.53 Å². The Morgan fingerprint density at radius 3 is 2.57 bits per heavy atom. The molecule has 1 aliphatic rings. The molecule has 1 amide bonds. The van der Waals surface area contributed by atoms with Crippen molar-refractivity contribution in [2.75, 3.05) is 46.9 Å². The molecule has 0 aliphatic heterocycles. The molecule has 0 aromatic carbocycles. The summed E-state index contributed by atoms with van der Waals surface area (Å²) in [5.41, 5.74) is 0.355. The molecule has 0 radical (unpaired) electrons. The van der Waals surface area contributed by atoms with Crippen LogP contribution in [-0.4, -0.2) is 63.7 Å². The Labute approximate surface area is 141 Å². The number of carbonyl (C=O) groups is 1. The fraction of sp³-hybridized carbons (Fsp3) is 0.882. The van der Waals surface area contributed by atoms with E-state index in [2.05, 4.69) is 22.5 Å². The maximum absolute atomic E-state index is 11.7. The number of carbonyl (C=O) groups excluding carboxylic acids is 1. The number of unbranched alkanes of at least 4 members (excludes halogenated alkanes) is 1. The topological polar surface area (TPSA) is 66.0 Å². The zero-order chi connectivity index (χ0) is 17.1. The predicted molar refractivity (Wildman–Crippen MR) is 94.7 cm³/mol. The maximum Gasteiger partial charge on any atom is 0.243 e. The van der Waals surface area contributed by atoms with Gasteiger partial charge in [-0.1, -0.05) is 13.3 Å². The number of ether oxygens (including phenoxy) is 1. The lowest BCUT2D eigenvalue weighted by atomic mass is 10.0. The van der Waals surface area contributed by atoms with Gasteiger partial charge in [0.25, 0.3) is 0 Å². The number of hydrogen-bond acceptors (Lipinski definition) is 3. The van der Waals surface area contributed by atoms with Crippen LogP contribution in [0.2, 0.25) is 0 Å². The van der Waals surface area contributed by atoms with Crippen LogP contribution in [-0.2, 0) is 9.53 Å². The second-order valence-corrected chi connectivity index (χ2v) is 6.53. The Kier molecular flexibility index (Phi) is 8.99. The molecule has 1 fully saturated rings. The van der Waals surface area contributed by atoms with Gasteiger partial charge in [0.1, 0.15) is 6.54 Å². The van der Waals surface area contributed by atoms with Crippen LogP contribution in [0.5, 0.6) is 0 Å². The van der Waals surface area contributed by atoms with Crippen LogP contribution in [0, 0.1) is 5.41 Å². The van der Waals surface area contributed by atoms with E-state index in [-0.39, 0.29) is 12.5 Å². The minimum absolute atomic E-state index is 0.0130. The van der Waals surface area contributed by atoms with E-state index in [4.69, 9.17) is 4.74 Å². The predicted octanol–water partition coefficient (Wildman–Crippen LogP) is 1.62. The largest absolute Gasteiger partial charge is 0.382 e. The molecule has 23 heavy (non-hydrogen) atoms. The first-order chi connectivity index (χ1) is 11.0. The van der Waals surface area contributed by atoms with Crippen molar-refractivity contribution in [2.24, 2.45) is 10.4 Å². The first kappa shape index (κ1) is 19.7. The van der Waals surface area contributed by atoms with Crippen LogP contribution < -0.4 is 10.6 Å². The zero-order valence-corrected chi connectivity index (χ0v) is 15.3. The van der Waals surface area contributed by atoms with Crippen LogP contribution in [0.3, 0.4) is 0 Å². The van der Waals surface area contributed by atoms with Crippen molar-refractivity contribution in [1.29, 1.82) is 0 Å². The molecule has 6 heteroatoms. The van der Waals surface area contributed by atoms with Crippen molar-refractivity contribution in [3.63, 3.8) is 0 Å². The van der Waals surface area contributed by atoms with E-state index in [1.807, 2.05) is 6.92 Å². The third kappa shape index (κ3) is 8.21. The van der Waals surface area contributed by atoms with Gasteiger partial charge in [0.05, 0.1) is 0 Å². The summed E-state index contributed by atoms with van der Waals surface area (Å²) >= 11 is 0. The standard InChI is InChI=1S/C17H34N4O2/c1-5-7-11-18-16(19-13-15(22)21(3)4)20-14-17(8-9-17)10-12-23-6-2/h5-14H2,1-4H3,(H2,18,19,20). The van der Waals surface area contributed by atoms with Crippen molar-refractivity contribution in [2.45, 2.75) is 46.0 Å². The smallest absolute Gasteiger partial charge is 0.243 e. The molecule has 0 saturated heterocycles. The Bertz CT molecular complexity index is 379. The van der Waals surface area contributed by atoms with Gasteiger partial charge in [-0.05, 0) is 38.0 Å². The first-order valence-electron chi connectivity index (χ1n) is 8.83. The molecule has 0 aromatic heterocycles. The fourth-order valence-corrected chi connectivity index (χ4v) is 2.24. The summed E-state index contributed by atoms with van der Waals surface area (Å²) in [4.78, 5) is 17.7. The summed E-state index contributed by atoms with van der Waals surface area (Å²) in [6.45, 7) is 7.75. The highest BCUT2D eigenvalue weighted by atomic mass is 16.5. The summed E-state index contributed by atoms with van der Waals surface area (Å²) in [6, 6.07) is 0. The van der Waals surface area contributed by atoms with E-state index < -0.39 is 0 Å². The Balaban J connectivity index is 2.45. The number of likely N-dealkylation sites (N-methyl/N-ethyl adjacent to an activating group) is 1. The third-order valence-electron chi connectivity index (χ3n) is 4.26. The zero-order valence-electron chi connectivity index (χ0n) is 15.3. The highest BCUT2D eigenvalue weighted by molar-refractivity contribution is 5.84. The van der Waals surface area contributed by atoms with Gasteiger partial charge in [-0.3, -0.25) is 4.79 Å². The molecule has 1 saturated carbocycles. The minimum Gasteiger partial charge on any atom is -0.382 e. The monoisotopic (exact) mass is 326 g/mol. The van der Waals surface area contributed by atoms with Crippen LogP contribution in [0.4, 0.5) is 0 Å². The van der Waals surface area contributed by atoms with Crippen LogP contribution in [0.25, 0.3) is 0 Å². The summed E-state index contributed by atoms with van der Waals surface area (Å²) in [5, 5.41) is 6.73. The summed E-state index contributed by atoms with van der Waals surface area (Å²) in [5.74, 6) is 0.760. The third-order valence-corrected chi connectivity index (χ3v) is 4.26. The number of hydrogen-bond donors (Lipinski definition) is 2. The van der Waals surface area contributed by atoms with Crippen LogP contribution in [0.1, 0.15) is 46.0 Å². The summed E-state index contributed by atoms with van der Waals surface area (Å²) < 4.78 is 5.48. The molecule has 6 nitrogen and oxygen atoms in total. The average molecular weight is 326 g/mol. The average Bonchev–Trinajstić information content (AvgIpc) is 3.29. The van der Waals surface area contributed by atoms with E-state index >= 15 is 0 Å². The Hall–Kier alpha value is -1.30. The maximum atomic E-state index is 11.7. The van der Waals surface area contributed by atoms with E-state index in [0.717, 1.165) is 51.5 Å². The first-order valence-corrected chi connectivity index (χ1v) is 8.83. The van der Waals surface area contributed by atoms with Gasteiger partial charge < -0.3 is 20.3 Å². The van der Waals surface area contributed by atoms with Gasteiger partial charge in [0, 0.05) is 40.4 Å². The molecule has 0 heterocycles. The van der Waals surface area contributed by atoms with Crippen molar-refractivity contribution in [3.05, 3.63) is 0 Å². The Morgan fingerprint density at radius 2 is 2.00 bits per heavy atom. The lowest BCUT2D eigenvalue weighted by Crippen LogP contribution is -2.41. The van der Waals surface area contributed by atoms with E-state index in [1.54, 1.807) is 19.0 Å². The summed E-state index contributed by atoms with van der Waals surface area (Å²) in [6.07, 6.45) is 5.80. The van der Waals surface area contributed by atoms with Gasteiger partial charge in [-0.2, -0.15) is 0 Å². The van der Waals surface area contributed by atoms with E-state index in [9.17, 15) is 4.79 Å². The fourth-order valence-electron chi connectivity index (χ4n) is 2.24. The lowest BCUT2D eigenvalue weighted by Gasteiger charge is -2.19. The van der Waals surface area contributed by atoms with Crippen molar-refractivity contribution in [3.8, 4) is 0 Å². The van der Waals surface area contributed by atoms with Gasteiger partial charge in [0.15, 0.2) is 5.96 Å². The Morgan fingerprint density at radius 1 is 1.26 bits per heavy atom. The molecule has 0 bridgehead atoms. The van der Waals surface area contributed by atoms with Crippen LogP contribution in [0.15, 0.2) is 4.99 Å². The molecular weight excluding hydrogens is 292 g/mol. The van der Waals surface area contributed by atoms with Gasteiger partial charge in [-0.15, -0.1) is 0 Å².